The molecule has 3 aliphatic carbocycles. The minimum absolute atomic E-state index is 0.162. The molecule has 5 rings (SSSR count). The van der Waals surface area contributed by atoms with Crippen LogP contribution in [0.25, 0.3) is 16.5 Å². The number of carbonyl (C=O) groups excluding carboxylic acids is 1. The van der Waals surface area contributed by atoms with Crippen LogP contribution >= 0.6 is 0 Å². The fraction of sp³-hybridized carbons (Fsp3) is 0.520. The lowest BCUT2D eigenvalue weighted by molar-refractivity contribution is 0.0968. The van der Waals surface area contributed by atoms with Gasteiger partial charge in [-0.25, -0.2) is 0 Å². The maximum absolute atomic E-state index is 13.0. The highest BCUT2D eigenvalue weighted by Crippen LogP contribution is 2.38. The van der Waals surface area contributed by atoms with Crippen LogP contribution in [0.1, 0.15) is 73.7 Å². The van der Waals surface area contributed by atoms with Gasteiger partial charge in [0.05, 0.1) is 22.9 Å². The Kier molecular flexibility index (Phi) is 5.34. The normalized spacial score (nSPS) is 27.0. The van der Waals surface area contributed by atoms with Crippen LogP contribution in [0.4, 0.5) is 5.69 Å². The van der Waals surface area contributed by atoms with Gasteiger partial charge < -0.3 is 16.2 Å². The number of carbonyl (C=O) groups is 1. The number of hydrogen-bond donors (Lipinski definition) is 3. The molecule has 4 N–H and O–H groups in total. The molecule has 0 spiro atoms. The molecule has 0 aliphatic heterocycles. The van der Waals surface area contributed by atoms with E-state index in [1.54, 1.807) is 6.20 Å². The second kappa shape index (κ2) is 8.12. The van der Waals surface area contributed by atoms with Crippen molar-refractivity contribution in [1.82, 2.24) is 4.98 Å². The van der Waals surface area contributed by atoms with Crippen molar-refractivity contribution in [2.75, 3.05) is 5.32 Å². The largest absolute Gasteiger partial charge is 0.393 e. The molecule has 0 saturated heterocycles. The van der Waals surface area contributed by atoms with Crippen molar-refractivity contribution in [1.29, 1.82) is 0 Å². The van der Waals surface area contributed by atoms with Gasteiger partial charge in [0.1, 0.15) is 0 Å². The first-order chi connectivity index (χ1) is 14.6. The maximum Gasteiger partial charge on any atom is 0.169 e. The number of fused-ring (bicyclic) bond motifs is 1. The summed E-state index contributed by atoms with van der Waals surface area (Å²) in [5, 5.41) is 14.6. The summed E-state index contributed by atoms with van der Waals surface area (Å²) in [4.78, 5) is 17.7. The Morgan fingerprint density at radius 2 is 1.90 bits per heavy atom. The van der Waals surface area contributed by atoms with Crippen molar-refractivity contribution in [3.63, 3.8) is 0 Å². The molecule has 0 radical (unpaired) electrons. The Labute approximate surface area is 177 Å². The number of hydrogen-bond acceptors (Lipinski definition) is 5. The van der Waals surface area contributed by atoms with Crippen LogP contribution in [-0.4, -0.2) is 34.1 Å². The minimum Gasteiger partial charge on any atom is -0.393 e. The van der Waals surface area contributed by atoms with Gasteiger partial charge in [-0.3, -0.25) is 9.78 Å². The first-order valence-electron chi connectivity index (χ1n) is 11.4. The van der Waals surface area contributed by atoms with Crippen LogP contribution in [0, 0.1) is 5.92 Å². The van der Waals surface area contributed by atoms with Gasteiger partial charge in [-0.2, -0.15) is 0 Å². The number of aliphatic hydroxyl groups is 1. The number of allylic oxidation sites excluding steroid dienone is 1. The molecule has 2 aromatic rings. The number of Topliss-reactive ketones (excluding diaryl/α,β-unsaturated/α-hetero) is 1. The van der Waals surface area contributed by atoms with E-state index in [1.165, 1.54) is 11.1 Å². The zero-order chi connectivity index (χ0) is 20.7. The molecule has 1 aromatic carbocycles. The molecule has 2 saturated carbocycles. The number of nitrogens with two attached hydrogens (primary N) is 1. The van der Waals surface area contributed by atoms with Crippen molar-refractivity contribution in [3.8, 4) is 0 Å². The Balaban J connectivity index is 1.55. The first-order valence-corrected chi connectivity index (χ1v) is 11.4. The number of rotatable bonds is 5. The van der Waals surface area contributed by atoms with Gasteiger partial charge in [0.2, 0.25) is 0 Å². The molecule has 0 amide bonds. The Bertz CT molecular complexity index is 987. The summed E-state index contributed by atoms with van der Waals surface area (Å²) in [6.45, 7) is 0. The third-order valence-electron chi connectivity index (χ3n) is 6.96. The fourth-order valence-corrected chi connectivity index (χ4v) is 4.85. The van der Waals surface area contributed by atoms with Crippen molar-refractivity contribution in [2.24, 2.45) is 11.7 Å². The van der Waals surface area contributed by atoms with Crippen LogP contribution < -0.4 is 11.1 Å². The number of pyridine rings is 1. The monoisotopic (exact) mass is 405 g/mol. The quantitative estimate of drug-likeness (QED) is 0.640. The predicted octanol–water partition coefficient (Wildman–Crippen LogP) is 4.44. The average Bonchev–Trinajstić information content (AvgIpc) is 3.61. The average molecular weight is 406 g/mol. The lowest BCUT2D eigenvalue weighted by atomic mass is 9.89. The number of aliphatic hydroxyl groups excluding tert-OH is 1. The van der Waals surface area contributed by atoms with Crippen LogP contribution in [0.3, 0.4) is 0 Å². The number of nitrogens with zero attached hydrogens (tertiary/aromatic N) is 1. The summed E-state index contributed by atoms with van der Waals surface area (Å²) < 4.78 is 0. The first kappa shape index (κ1) is 19.7. The summed E-state index contributed by atoms with van der Waals surface area (Å²) in [5.74, 6) is 0.389. The standard InChI is InChI=1S/C25H31N3O2/c26-18-6-8-19(9-7-18)28-24-21-13-17(15-3-10-20(29)11-4-15)5-12-23(21)27-14-22(24)25(30)16-1-2-16/h3,5,12-14,16,18-20,29H,1-2,4,6-11,26H2,(H,27,28)/t18-,19-,20?. The van der Waals surface area contributed by atoms with Crippen molar-refractivity contribution < 1.29 is 9.90 Å². The molecule has 1 atom stereocenters. The highest BCUT2D eigenvalue weighted by molar-refractivity contribution is 6.10. The van der Waals surface area contributed by atoms with E-state index < -0.39 is 0 Å². The SMILES string of the molecule is N[C@H]1CC[C@H](Nc2c(C(=O)C3CC3)cnc3ccc(C4=CCC(O)CC4)cc23)CC1. The van der Waals surface area contributed by atoms with E-state index in [0.717, 1.165) is 73.5 Å². The van der Waals surface area contributed by atoms with Gasteiger partial charge in [0, 0.05) is 29.6 Å². The number of benzene rings is 1. The van der Waals surface area contributed by atoms with Crippen LogP contribution in [0.2, 0.25) is 0 Å². The third-order valence-corrected chi connectivity index (χ3v) is 6.96. The number of anilines is 1. The van der Waals surface area contributed by atoms with Gasteiger partial charge in [-0.05, 0) is 81.1 Å². The van der Waals surface area contributed by atoms with Crippen LogP contribution in [-0.2, 0) is 0 Å². The topological polar surface area (TPSA) is 88.2 Å². The van der Waals surface area contributed by atoms with Crippen molar-refractivity contribution in [2.45, 2.75) is 76.0 Å². The van der Waals surface area contributed by atoms with Crippen molar-refractivity contribution in [3.05, 3.63) is 41.6 Å². The molecule has 3 aliphatic rings. The van der Waals surface area contributed by atoms with Crippen LogP contribution in [0.5, 0.6) is 0 Å². The zero-order valence-corrected chi connectivity index (χ0v) is 17.4. The molecule has 158 valence electrons. The smallest absolute Gasteiger partial charge is 0.169 e. The molecular weight excluding hydrogens is 374 g/mol. The number of ketones is 1. The Hall–Kier alpha value is -2.24. The molecule has 2 fully saturated rings. The Morgan fingerprint density at radius 3 is 2.60 bits per heavy atom. The van der Waals surface area contributed by atoms with E-state index in [9.17, 15) is 9.90 Å². The lowest BCUT2D eigenvalue weighted by Gasteiger charge is -2.29. The van der Waals surface area contributed by atoms with Gasteiger partial charge >= 0.3 is 0 Å². The minimum atomic E-state index is -0.228. The summed E-state index contributed by atoms with van der Waals surface area (Å²) >= 11 is 0. The second-order valence-electron chi connectivity index (χ2n) is 9.33. The molecule has 1 unspecified atom stereocenters. The Morgan fingerprint density at radius 1 is 1.10 bits per heavy atom. The van der Waals surface area contributed by atoms with Crippen molar-refractivity contribution >= 4 is 27.9 Å². The molecule has 5 heteroatoms. The van der Waals surface area contributed by atoms with E-state index >= 15 is 0 Å². The molecule has 30 heavy (non-hydrogen) atoms. The van der Waals surface area contributed by atoms with Gasteiger partial charge in [-0.1, -0.05) is 12.1 Å². The molecule has 5 nitrogen and oxygen atoms in total. The van der Waals surface area contributed by atoms with E-state index in [0.29, 0.717) is 18.5 Å². The fourth-order valence-electron chi connectivity index (χ4n) is 4.85. The van der Waals surface area contributed by atoms with Crippen LogP contribution in [0.15, 0.2) is 30.5 Å². The van der Waals surface area contributed by atoms with Gasteiger partial charge in [0.25, 0.3) is 0 Å². The van der Waals surface area contributed by atoms with E-state index in [2.05, 4.69) is 34.6 Å². The highest BCUT2D eigenvalue weighted by atomic mass is 16.3. The third kappa shape index (κ3) is 4.01. The summed E-state index contributed by atoms with van der Waals surface area (Å²) in [5.41, 5.74) is 11.2. The van der Waals surface area contributed by atoms with E-state index in [4.69, 9.17) is 5.73 Å². The molecular formula is C25H31N3O2. The highest BCUT2D eigenvalue weighted by Gasteiger charge is 2.33. The number of aromatic nitrogens is 1. The zero-order valence-electron chi connectivity index (χ0n) is 17.4. The molecule has 1 heterocycles. The number of nitrogens with one attached hydrogen (secondary N) is 1. The van der Waals surface area contributed by atoms with E-state index in [-0.39, 0.29) is 17.8 Å². The molecule has 0 bridgehead atoms. The predicted molar refractivity (Wildman–Crippen MR) is 120 cm³/mol. The second-order valence-corrected chi connectivity index (χ2v) is 9.33. The summed E-state index contributed by atoms with van der Waals surface area (Å²) in [6.07, 6.45) is 12.2. The lowest BCUT2D eigenvalue weighted by Crippen LogP contribution is -2.33. The van der Waals surface area contributed by atoms with E-state index in [1.807, 2.05) is 0 Å². The van der Waals surface area contributed by atoms with Gasteiger partial charge in [-0.15, -0.1) is 0 Å². The maximum atomic E-state index is 13.0. The summed E-state index contributed by atoms with van der Waals surface area (Å²) in [6, 6.07) is 7.00. The molecule has 1 aromatic heterocycles. The van der Waals surface area contributed by atoms with Gasteiger partial charge in [0.15, 0.2) is 5.78 Å². The summed E-state index contributed by atoms with van der Waals surface area (Å²) in [7, 11) is 0.